The number of phosphoric ester groups is 1. The highest BCUT2D eigenvalue weighted by molar-refractivity contribution is 7.66. The number of aryl methyl sites for hydroxylation is 1. The van der Waals surface area contributed by atoms with E-state index in [-0.39, 0.29) is 17.1 Å². The van der Waals surface area contributed by atoms with E-state index in [9.17, 15) is 33.4 Å². The van der Waals surface area contributed by atoms with Crippen LogP contribution >= 0.6 is 23.5 Å². The molecule has 0 saturated carbocycles. The van der Waals surface area contributed by atoms with Crippen molar-refractivity contribution < 1.29 is 61.0 Å². The van der Waals surface area contributed by atoms with Gasteiger partial charge in [0.25, 0.3) is 5.56 Å². The first kappa shape index (κ1) is 28.0. The van der Waals surface area contributed by atoms with Crippen LogP contribution in [0.3, 0.4) is 0 Å². The maximum Gasteiger partial charge on any atom is 0.490 e. The second-order valence-corrected chi connectivity index (χ2v) is 10.9. The number of phosphoric acid groups is 3. The summed E-state index contributed by atoms with van der Waals surface area (Å²) in [6.45, 7) is 2.02. The molecule has 1 aliphatic heterocycles. The summed E-state index contributed by atoms with van der Waals surface area (Å²) >= 11 is 0. The van der Waals surface area contributed by atoms with E-state index >= 15 is 0 Å². The molecule has 1 fully saturated rings. The van der Waals surface area contributed by atoms with Gasteiger partial charge in [0, 0.05) is 7.11 Å². The Labute approximate surface area is 186 Å². The van der Waals surface area contributed by atoms with Crippen LogP contribution in [0.4, 0.5) is 0 Å². The lowest BCUT2D eigenvalue weighted by atomic mass is 10.0. The number of aromatic amines is 1. The van der Waals surface area contributed by atoms with Gasteiger partial charge in [-0.25, -0.2) is 18.7 Å². The highest BCUT2D eigenvalue weighted by Crippen LogP contribution is 2.66. The van der Waals surface area contributed by atoms with Crippen molar-refractivity contribution in [2.75, 3.05) is 13.7 Å². The second-order valence-electron chi connectivity index (χ2n) is 6.46. The van der Waals surface area contributed by atoms with Crippen molar-refractivity contribution in [1.29, 1.82) is 0 Å². The fourth-order valence-corrected chi connectivity index (χ4v) is 5.84. The quantitative estimate of drug-likeness (QED) is 0.174. The summed E-state index contributed by atoms with van der Waals surface area (Å²) < 4.78 is 56.6. The molecule has 0 radical (unpaired) electrons. The zero-order valence-electron chi connectivity index (χ0n) is 17.2. The summed E-state index contributed by atoms with van der Waals surface area (Å²) in [5, 5.41) is 10.5. The van der Waals surface area contributed by atoms with Crippen LogP contribution in [0.5, 0.6) is 0 Å². The maximum atomic E-state index is 11.9. The molecule has 1 aromatic rings. The molecule has 0 bridgehead atoms. The van der Waals surface area contributed by atoms with E-state index < -0.39 is 60.1 Å². The third-order valence-electron chi connectivity index (χ3n) is 4.06. The normalized spacial score (nSPS) is 26.8. The van der Waals surface area contributed by atoms with Crippen LogP contribution in [0.2, 0.25) is 0 Å². The Morgan fingerprint density at radius 3 is 2.33 bits per heavy atom. The van der Waals surface area contributed by atoms with Gasteiger partial charge in [-0.05, 0) is 19.8 Å². The lowest BCUT2D eigenvalue weighted by molar-refractivity contribution is -0.0248. The first-order chi connectivity index (χ1) is 15.1. The number of rotatable bonds is 9. The average molecular weight is 534 g/mol. The van der Waals surface area contributed by atoms with Crippen LogP contribution in [0, 0.1) is 18.8 Å². The van der Waals surface area contributed by atoms with Gasteiger partial charge in [-0.15, -0.1) is 0 Å². The zero-order chi connectivity index (χ0) is 25.2. The molecule has 19 heteroatoms. The van der Waals surface area contributed by atoms with Gasteiger partial charge in [-0.3, -0.25) is 9.32 Å². The third kappa shape index (κ3) is 7.61. The predicted molar refractivity (Wildman–Crippen MR) is 106 cm³/mol. The van der Waals surface area contributed by atoms with Crippen LogP contribution in [0.1, 0.15) is 30.1 Å². The molecule has 33 heavy (non-hydrogen) atoms. The van der Waals surface area contributed by atoms with Crippen LogP contribution in [-0.2, 0) is 36.3 Å². The van der Waals surface area contributed by atoms with Crippen LogP contribution in [0.25, 0.3) is 0 Å². The number of nitrogens with zero attached hydrogens (tertiary/aromatic N) is 1. The smallest absolute Gasteiger partial charge is 0.387 e. The van der Waals surface area contributed by atoms with E-state index in [0.717, 1.165) is 0 Å². The number of ether oxygens (including phenoxy) is 2. The molecule has 0 amide bonds. The number of aliphatic hydroxyl groups is 1. The largest absolute Gasteiger partial charge is 0.490 e. The van der Waals surface area contributed by atoms with Gasteiger partial charge in [0.15, 0.2) is 0 Å². The third-order valence-corrected chi connectivity index (χ3v) is 7.86. The molecule has 0 aromatic carbocycles. The van der Waals surface area contributed by atoms with Crippen molar-refractivity contribution in [3.8, 4) is 11.8 Å². The van der Waals surface area contributed by atoms with Crippen LogP contribution in [-0.4, -0.2) is 66.7 Å². The van der Waals surface area contributed by atoms with Gasteiger partial charge in [0.05, 0.1) is 6.61 Å². The summed E-state index contributed by atoms with van der Waals surface area (Å²) in [6, 6.07) is 0. The molecule has 0 spiro atoms. The van der Waals surface area contributed by atoms with Crippen LogP contribution < -0.4 is 5.56 Å². The van der Waals surface area contributed by atoms with E-state index in [0.29, 0.717) is 0 Å². The molecule has 16 nitrogen and oxygen atoms in total. The number of hydrogen-bond acceptors (Lipinski definition) is 11. The van der Waals surface area contributed by atoms with Crippen molar-refractivity contribution in [2.24, 2.45) is 0 Å². The summed E-state index contributed by atoms with van der Waals surface area (Å²) in [5.74, 6) is 5.22. The molecular formula is C14H21N2O14P3. The summed E-state index contributed by atoms with van der Waals surface area (Å²) in [7, 11) is -15.4. The standard InChI is InChI=1S/C14H21N2O14P3/c1-4-5-8-10(15-7(2)14(18)16-8)12-13(26-3)11(17)9(28-12)6-27-32(22,23)30-33(24,25)29-31(19,20)21/h9,11-13,17H,6H2,1-3H3,(H,16,18)(H,22,23)(H,24,25)(H2,19,20,21)/t9-,11?,12+,13+/m1/s1. The lowest BCUT2D eigenvalue weighted by Gasteiger charge is -2.19. The van der Waals surface area contributed by atoms with E-state index in [1.807, 2.05) is 0 Å². The van der Waals surface area contributed by atoms with Crippen LogP contribution in [0.15, 0.2) is 4.79 Å². The fourth-order valence-electron chi connectivity index (χ4n) is 2.81. The molecule has 186 valence electrons. The molecule has 0 aliphatic carbocycles. The van der Waals surface area contributed by atoms with Gasteiger partial charge in [-0.2, -0.15) is 8.62 Å². The number of aromatic nitrogens is 2. The number of H-pyrrole nitrogens is 1. The Morgan fingerprint density at radius 2 is 1.79 bits per heavy atom. The van der Waals surface area contributed by atoms with Gasteiger partial charge >= 0.3 is 23.5 Å². The Kier molecular flexibility index (Phi) is 8.95. The van der Waals surface area contributed by atoms with E-state index in [1.165, 1.54) is 21.0 Å². The molecule has 2 heterocycles. The first-order valence-electron chi connectivity index (χ1n) is 8.77. The minimum Gasteiger partial charge on any atom is -0.387 e. The second kappa shape index (κ2) is 10.6. The lowest BCUT2D eigenvalue weighted by Crippen LogP contribution is -2.34. The van der Waals surface area contributed by atoms with Gasteiger partial charge in [-0.1, -0.05) is 5.92 Å². The molecular weight excluding hydrogens is 513 g/mol. The molecule has 6 atom stereocenters. The van der Waals surface area contributed by atoms with Crippen molar-refractivity contribution in [2.45, 2.75) is 38.3 Å². The minimum absolute atomic E-state index is 0.0660. The number of nitrogens with one attached hydrogen (secondary N) is 1. The van der Waals surface area contributed by atoms with Gasteiger partial charge in [0.1, 0.15) is 41.5 Å². The molecule has 3 unspecified atom stereocenters. The maximum absolute atomic E-state index is 11.9. The minimum atomic E-state index is -5.70. The molecule has 2 rings (SSSR count). The SMILES string of the molecule is CC#Cc1[nH]c(=O)c(C)nc1[C@@H]1O[C@H](COP(=O)(O)OP(=O)(O)OP(=O)(O)O)C(O)[C@@H]1OC. The van der Waals surface area contributed by atoms with Crippen molar-refractivity contribution in [1.82, 2.24) is 9.97 Å². The van der Waals surface area contributed by atoms with E-state index in [2.05, 4.69) is 35.0 Å². The van der Waals surface area contributed by atoms with Gasteiger partial charge in [0.2, 0.25) is 0 Å². The summed E-state index contributed by atoms with van der Waals surface area (Å²) in [6.07, 6.45) is -5.08. The molecule has 1 aromatic heterocycles. The number of methoxy groups -OCH3 is 1. The number of hydrogen-bond donors (Lipinski definition) is 6. The molecule has 1 aliphatic rings. The Morgan fingerprint density at radius 1 is 1.15 bits per heavy atom. The number of aliphatic hydroxyl groups excluding tert-OH is 1. The Bertz CT molecular complexity index is 1140. The van der Waals surface area contributed by atoms with Crippen molar-refractivity contribution >= 4 is 23.5 Å². The topological polar surface area (TPSA) is 244 Å². The van der Waals surface area contributed by atoms with Crippen molar-refractivity contribution in [3.63, 3.8) is 0 Å². The highest BCUT2D eigenvalue weighted by atomic mass is 31.3. The molecule has 1 saturated heterocycles. The summed E-state index contributed by atoms with van der Waals surface area (Å²) in [5.41, 5.74) is -0.251. The van der Waals surface area contributed by atoms with E-state index in [4.69, 9.17) is 19.3 Å². The monoisotopic (exact) mass is 534 g/mol. The Balaban J connectivity index is 2.21. The first-order valence-corrected chi connectivity index (χ1v) is 13.3. The molecule has 6 N–H and O–H groups in total. The summed E-state index contributed by atoms with van der Waals surface area (Å²) in [4.78, 5) is 54.4. The Hall–Kier alpha value is -1.27. The highest BCUT2D eigenvalue weighted by Gasteiger charge is 2.48. The van der Waals surface area contributed by atoms with Crippen molar-refractivity contribution in [3.05, 3.63) is 27.4 Å². The van der Waals surface area contributed by atoms with Gasteiger partial charge < -0.3 is 39.1 Å². The zero-order valence-corrected chi connectivity index (χ0v) is 19.9. The average Bonchev–Trinajstić information content (AvgIpc) is 2.95. The fraction of sp³-hybridized carbons (Fsp3) is 0.571. The predicted octanol–water partition coefficient (Wildman–Crippen LogP) is -0.391. The van der Waals surface area contributed by atoms with E-state index in [1.54, 1.807) is 0 Å².